The molecule has 1 aromatic rings. The van der Waals surface area contributed by atoms with Crippen molar-refractivity contribution < 1.29 is 23.1 Å². The molecule has 0 saturated carbocycles. The number of carbonyl (C=O) groups is 1. The molecule has 1 atom stereocenters. The Bertz CT molecular complexity index is 687. The predicted octanol–water partition coefficient (Wildman–Crippen LogP) is 4.12. The van der Waals surface area contributed by atoms with Gasteiger partial charge in [-0.05, 0) is 31.0 Å². The Balaban J connectivity index is 1.74. The average Bonchev–Trinajstić information content (AvgIpc) is 3.16. The maximum absolute atomic E-state index is 13.0. The summed E-state index contributed by atoms with van der Waals surface area (Å²) >= 11 is 6.12. The van der Waals surface area contributed by atoms with Crippen molar-refractivity contribution in [3.8, 4) is 0 Å². The molecular formula is C15H15ClF3N3O2. The number of alkyl halides is 3. The number of rotatable bonds is 5. The van der Waals surface area contributed by atoms with Gasteiger partial charge in [0.25, 0.3) is 5.66 Å². The number of hydrogen-bond acceptors (Lipinski definition) is 4. The van der Waals surface area contributed by atoms with E-state index >= 15 is 0 Å². The van der Waals surface area contributed by atoms with E-state index in [0.717, 1.165) is 6.42 Å². The molecule has 1 aromatic carbocycles. The van der Waals surface area contributed by atoms with Crippen molar-refractivity contribution in [3.63, 3.8) is 0 Å². The second kappa shape index (κ2) is 6.00. The molecule has 1 saturated heterocycles. The van der Waals surface area contributed by atoms with E-state index in [4.69, 9.17) is 16.7 Å². The lowest BCUT2D eigenvalue weighted by Crippen LogP contribution is -2.40. The van der Waals surface area contributed by atoms with Crippen molar-refractivity contribution in [2.24, 2.45) is 10.2 Å². The lowest BCUT2D eigenvalue weighted by Gasteiger charge is -2.27. The minimum atomic E-state index is -4.47. The fraction of sp³-hybridized carbons (Fsp3) is 0.533. The van der Waals surface area contributed by atoms with Gasteiger partial charge in [-0.3, -0.25) is 4.90 Å². The van der Waals surface area contributed by atoms with Crippen LogP contribution < -0.4 is 0 Å². The lowest BCUT2D eigenvalue weighted by atomic mass is 10.0. The summed E-state index contributed by atoms with van der Waals surface area (Å²) < 4.78 is 39.1. The summed E-state index contributed by atoms with van der Waals surface area (Å²) in [4.78, 5) is 13.0. The van der Waals surface area contributed by atoms with E-state index < -0.39 is 17.8 Å². The number of likely N-dealkylation sites (tertiary alicyclic amines) is 1. The molecular weight excluding hydrogens is 347 g/mol. The first-order valence-corrected chi connectivity index (χ1v) is 7.87. The Morgan fingerprint density at radius 2 is 2.12 bits per heavy atom. The maximum atomic E-state index is 13.0. The molecule has 1 unspecified atom stereocenters. The Morgan fingerprint density at radius 3 is 2.71 bits per heavy atom. The van der Waals surface area contributed by atoms with Crippen LogP contribution in [0.3, 0.4) is 0 Å². The van der Waals surface area contributed by atoms with Gasteiger partial charge in [-0.2, -0.15) is 13.2 Å². The molecule has 5 nitrogen and oxygen atoms in total. The van der Waals surface area contributed by atoms with Crippen LogP contribution in [0.1, 0.15) is 35.2 Å². The van der Waals surface area contributed by atoms with Crippen LogP contribution >= 0.6 is 11.6 Å². The van der Waals surface area contributed by atoms with Gasteiger partial charge in [-0.25, -0.2) is 4.79 Å². The highest BCUT2D eigenvalue weighted by atomic mass is 35.5. The first kappa shape index (κ1) is 17.2. The summed E-state index contributed by atoms with van der Waals surface area (Å²) in [5, 5.41) is 15.7. The number of aromatic carboxylic acids is 1. The topological polar surface area (TPSA) is 65.3 Å². The smallest absolute Gasteiger partial charge is 0.437 e. The van der Waals surface area contributed by atoms with Crippen LogP contribution in [0.5, 0.6) is 0 Å². The van der Waals surface area contributed by atoms with Crippen LogP contribution in [0.25, 0.3) is 0 Å². The van der Waals surface area contributed by atoms with Gasteiger partial charge in [0.05, 0.1) is 10.6 Å². The van der Waals surface area contributed by atoms with Gasteiger partial charge in [-0.15, -0.1) is 10.2 Å². The van der Waals surface area contributed by atoms with Crippen LogP contribution in [0.4, 0.5) is 13.2 Å². The standard InChI is InChI=1S/C15H15ClF3N3O2/c16-12-9(3-1-5-11(12)13(23)24)8-22-6-2-4-10(22)7-14(20-21-14)15(17,18)19/h1,3,5,10H,2,4,6-8H2,(H,23,24). The molecule has 0 aromatic heterocycles. The first-order valence-electron chi connectivity index (χ1n) is 7.49. The summed E-state index contributed by atoms with van der Waals surface area (Å²) in [6, 6.07) is 4.36. The van der Waals surface area contributed by atoms with Gasteiger partial charge in [0, 0.05) is 19.0 Å². The van der Waals surface area contributed by atoms with Gasteiger partial charge in [0.1, 0.15) is 0 Å². The second-order valence-electron chi connectivity index (χ2n) is 6.07. The van der Waals surface area contributed by atoms with E-state index in [1.54, 1.807) is 12.1 Å². The Kier molecular flexibility index (Phi) is 4.29. The largest absolute Gasteiger partial charge is 0.478 e. The zero-order valence-electron chi connectivity index (χ0n) is 12.6. The fourth-order valence-electron chi connectivity index (χ4n) is 3.12. The highest BCUT2D eigenvalue weighted by Gasteiger charge is 2.64. The van der Waals surface area contributed by atoms with Crippen molar-refractivity contribution in [2.75, 3.05) is 6.54 Å². The van der Waals surface area contributed by atoms with Crippen LogP contribution in [0, 0.1) is 0 Å². The normalized spacial score (nSPS) is 22.8. The van der Waals surface area contributed by atoms with Crippen molar-refractivity contribution in [3.05, 3.63) is 34.3 Å². The van der Waals surface area contributed by atoms with Gasteiger partial charge < -0.3 is 5.11 Å². The Morgan fingerprint density at radius 1 is 1.42 bits per heavy atom. The van der Waals surface area contributed by atoms with E-state index in [1.165, 1.54) is 6.07 Å². The van der Waals surface area contributed by atoms with Crippen LogP contribution in [0.2, 0.25) is 5.02 Å². The zero-order valence-corrected chi connectivity index (χ0v) is 13.3. The lowest BCUT2D eigenvalue weighted by molar-refractivity contribution is -0.167. The molecule has 1 fully saturated rings. The average molecular weight is 362 g/mol. The number of benzene rings is 1. The monoisotopic (exact) mass is 361 g/mol. The number of carboxylic acids is 1. The molecule has 0 amide bonds. The predicted molar refractivity (Wildman–Crippen MR) is 80.1 cm³/mol. The molecule has 3 rings (SSSR count). The number of halogens is 4. The quantitative estimate of drug-likeness (QED) is 0.858. The molecule has 0 spiro atoms. The summed E-state index contributed by atoms with van der Waals surface area (Å²) in [6.45, 7) is 0.935. The Hall–Kier alpha value is -1.67. The van der Waals surface area contributed by atoms with E-state index in [1.807, 2.05) is 4.90 Å². The summed E-state index contributed by atoms with van der Waals surface area (Å²) in [5.74, 6) is -1.13. The van der Waals surface area contributed by atoms with Crippen LogP contribution in [0.15, 0.2) is 28.4 Å². The first-order chi connectivity index (χ1) is 11.2. The zero-order chi connectivity index (χ0) is 17.5. The van der Waals surface area contributed by atoms with Gasteiger partial charge >= 0.3 is 12.1 Å². The van der Waals surface area contributed by atoms with E-state index in [-0.39, 0.29) is 23.0 Å². The summed E-state index contributed by atoms with van der Waals surface area (Å²) in [7, 11) is 0. The highest BCUT2D eigenvalue weighted by Crippen LogP contribution is 2.49. The van der Waals surface area contributed by atoms with Gasteiger partial charge in [0.2, 0.25) is 0 Å². The van der Waals surface area contributed by atoms with Crippen molar-refractivity contribution in [2.45, 2.75) is 43.7 Å². The SMILES string of the molecule is O=C(O)c1cccc(CN2CCCC2CC2(C(F)(F)F)N=N2)c1Cl. The van der Waals surface area contributed by atoms with E-state index in [0.29, 0.717) is 25.1 Å². The second-order valence-corrected chi connectivity index (χ2v) is 6.45. The molecule has 9 heteroatoms. The molecule has 1 N–H and O–H groups in total. The number of carboxylic acid groups (broad SMARTS) is 1. The van der Waals surface area contributed by atoms with E-state index in [9.17, 15) is 18.0 Å². The third-order valence-corrected chi connectivity index (χ3v) is 4.94. The molecule has 2 aliphatic heterocycles. The van der Waals surface area contributed by atoms with Crippen molar-refractivity contribution in [1.82, 2.24) is 4.90 Å². The summed E-state index contributed by atoms with van der Waals surface area (Å²) in [6.07, 6.45) is -3.27. The molecule has 0 aliphatic carbocycles. The van der Waals surface area contributed by atoms with Crippen LogP contribution in [-0.4, -0.2) is 40.4 Å². The van der Waals surface area contributed by atoms with Gasteiger partial charge in [0.15, 0.2) is 0 Å². The maximum Gasteiger partial charge on any atom is 0.437 e. The Labute approximate surface area is 141 Å². The summed E-state index contributed by atoms with van der Waals surface area (Å²) in [5.41, 5.74) is -1.68. The van der Waals surface area contributed by atoms with Crippen LogP contribution in [-0.2, 0) is 6.54 Å². The number of hydrogen-bond donors (Lipinski definition) is 1. The minimum Gasteiger partial charge on any atom is -0.478 e. The van der Waals surface area contributed by atoms with Crippen molar-refractivity contribution in [1.29, 1.82) is 0 Å². The molecule has 24 heavy (non-hydrogen) atoms. The third kappa shape index (κ3) is 3.12. The molecule has 0 radical (unpaired) electrons. The van der Waals surface area contributed by atoms with E-state index in [2.05, 4.69) is 10.2 Å². The van der Waals surface area contributed by atoms with Gasteiger partial charge in [-0.1, -0.05) is 23.7 Å². The highest BCUT2D eigenvalue weighted by molar-refractivity contribution is 6.34. The minimum absolute atomic E-state index is 0.0103. The third-order valence-electron chi connectivity index (χ3n) is 4.50. The molecule has 2 aliphatic rings. The number of nitrogens with zero attached hydrogens (tertiary/aromatic N) is 3. The molecule has 130 valence electrons. The fourth-order valence-corrected chi connectivity index (χ4v) is 3.39. The van der Waals surface area contributed by atoms with Crippen molar-refractivity contribution >= 4 is 17.6 Å². The molecule has 0 bridgehead atoms. The molecule has 2 heterocycles.